The fourth-order valence-electron chi connectivity index (χ4n) is 2.44. The summed E-state index contributed by atoms with van der Waals surface area (Å²) in [5, 5.41) is 4.12. The van der Waals surface area contributed by atoms with E-state index in [-0.39, 0.29) is 5.78 Å². The van der Waals surface area contributed by atoms with Crippen molar-refractivity contribution in [3.8, 4) is 0 Å². The number of nitrogens with two attached hydrogens (primary N) is 1. The van der Waals surface area contributed by atoms with Crippen LogP contribution in [0.25, 0.3) is 0 Å². The highest BCUT2D eigenvalue weighted by Crippen LogP contribution is 2.28. The third-order valence-corrected chi connectivity index (χ3v) is 3.45. The molecule has 2 rings (SSSR count). The van der Waals surface area contributed by atoms with Crippen LogP contribution in [0.1, 0.15) is 49.5 Å². The molecule has 0 radical (unpaired) electrons. The summed E-state index contributed by atoms with van der Waals surface area (Å²) in [4.78, 5) is 12.4. The van der Waals surface area contributed by atoms with E-state index in [1.54, 1.807) is 16.9 Å². The molecular formula is C12H19N3O. The largest absolute Gasteiger partial charge is 0.319 e. The van der Waals surface area contributed by atoms with E-state index in [0.717, 1.165) is 25.7 Å². The van der Waals surface area contributed by atoms with Crippen LogP contribution in [-0.4, -0.2) is 21.1 Å². The Morgan fingerprint density at radius 1 is 1.50 bits per heavy atom. The lowest BCUT2D eigenvalue weighted by Gasteiger charge is -2.31. The van der Waals surface area contributed by atoms with Crippen molar-refractivity contribution in [3.05, 3.63) is 18.0 Å². The number of carbonyl (C=O) groups is 1. The Kier molecular flexibility index (Phi) is 3.10. The Hall–Kier alpha value is -1.16. The van der Waals surface area contributed by atoms with Gasteiger partial charge in [0.1, 0.15) is 5.69 Å². The fourth-order valence-corrected chi connectivity index (χ4v) is 2.44. The summed E-state index contributed by atoms with van der Waals surface area (Å²) < 4.78 is 1.73. The van der Waals surface area contributed by atoms with Gasteiger partial charge in [-0.25, -0.2) is 0 Å². The molecule has 1 aromatic rings. The van der Waals surface area contributed by atoms with Crippen LogP contribution in [0.15, 0.2) is 12.3 Å². The van der Waals surface area contributed by atoms with Crippen LogP contribution in [0, 0.1) is 0 Å². The molecule has 1 aromatic heterocycles. The van der Waals surface area contributed by atoms with Crippen LogP contribution >= 0.6 is 0 Å². The third-order valence-electron chi connectivity index (χ3n) is 3.45. The molecule has 4 nitrogen and oxygen atoms in total. The molecule has 1 heterocycles. The predicted octanol–water partition coefficient (Wildman–Crippen LogP) is 1.75. The van der Waals surface area contributed by atoms with Gasteiger partial charge >= 0.3 is 0 Å². The summed E-state index contributed by atoms with van der Waals surface area (Å²) in [6.07, 6.45) is 6.59. The molecule has 1 aliphatic carbocycles. The number of carbonyl (C=O) groups excluding carboxylic acids is 1. The molecule has 4 heteroatoms. The molecule has 88 valence electrons. The molecule has 2 N–H and O–H groups in total. The van der Waals surface area contributed by atoms with E-state index in [9.17, 15) is 4.79 Å². The maximum Gasteiger partial charge on any atom is 0.200 e. The first-order valence-corrected chi connectivity index (χ1v) is 6.03. The summed E-state index contributed by atoms with van der Waals surface area (Å²) in [6, 6.07) is 1.77. The monoisotopic (exact) mass is 221 g/mol. The topological polar surface area (TPSA) is 60.9 Å². The first-order valence-electron chi connectivity index (χ1n) is 6.03. The Balaban J connectivity index is 2.24. The van der Waals surface area contributed by atoms with Crippen molar-refractivity contribution in [2.24, 2.45) is 5.73 Å². The van der Waals surface area contributed by atoms with E-state index >= 15 is 0 Å². The quantitative estimate of drug-likeness (QED) is 0.791. The number of nitrogens with zero attached hydrogens (tertiary/aromatic N) is 2. The van der Waals surface area contributed by atoms with Crippen molar-refractivity contribution in [3.63, 3.8) is 0 Å². The number of ketones is 1. The average Bonchev–Trinajstić information content (AvgIpc) is 2.77. The van der Waals surface area contributed by atoms with Gasteiger partial charge < -0.3 is 5.73 Å². The highest BCUT2D eigenvalue weighted by Gasteiger charge is 2.37. The molecule has 0 atom stereocenters. The SMILES string of the molecule is CCn1nccc1C(=O)C1(N)CCCCC1. The number of hydrogen-bond acceptors (Lipinski definition) is 3. The molecule has 0 bridgehead atoms. The Morgan fingerprint density at radius 2 is 2.19 bits per heavy atom. The molecular weight excluding hydrogens is 202 g/mol. The molecule has 0 unspecified atom stereocenters. The molecule has 1 aliphatic rings. The van der Waals surface area contributed by atoms with E-state index in [4.69, 9.17) is 5.73 Å². The van der Waals surface area contributed by atoms with Gasteiger partial charge in [-0.3, -0.25) is 9.48 Å². The van der Waals surface area contributed by atoms with Crippen LogP contribution in [0.2, 0.25) is 0 Å². The molecule has 0 amide bonds. The van der Waals surface area contributed by atoms with Crippen molar-refractivity contribution in [1.29, 1.82) is 0 Å². The summed E-state index contributed by atoms with van der Waals surface area (Å²) in [6.45, 7) is 2.69. The second kappa shape index (κ2) is 4.37. The molecule has 16 heavy (non-hydrogen) atoms. The Morgan fingerprint density at radius 3 is 2.81 bits per heavy atom. The first kappa shape index (κ1) is 11.3. The number of rotatable bonds is 3. The Labute approximate surface area is 95.8 Å². The second-order valence-electron chi connectivity index (χ2n) is 4.58. The van der Waals surface area contributed by atoms with Crippen molar-refractivity contribution in [2.75, 3.05) is 0 Å². The molecule has 0 saturated heterocycles. The van der Waals surface area contributed by atoms with Crippen LogP contribution in [0.3, 0.4) is 0 Å². The molecule has 0 aliphatic heterocycles. The normalized spacial score (nSPS) is 19.6. The average molecular weight is 221 g/mol. The van der Waals surface area contributed by atoms with Crippen molar-refractivity contribution < 1.29 is 4.79 Å². The lowest BCUT2D eigenvalue weighted by Crippen LogP contribution is -2.50. The molecule has 0 spiro atoms. The number of aryl methyl sites for hydroxylation is 1. The maximum absolute atomic E-state index is 12.4. The van der Waals surface area contributed by atoms with Gasteiger partial charge in [-0.05, 0) is 25.8 Å². The van der Waals surface area contributed by atoms with Gasteiger partial charge in [-0.2, -0.15) is 5.10 Å². The Bertz CT molecular complexity index is 377. The molecule has 1 saturated carbocycles. The van der Waals surface area contributed by atoms with E-state index in [1.165, 1.54) is 6.42 Å². The van der Waals surface area contributed by atoms with Gasteiger partial charge in [-0.15, -0.1) is 0 Å². The van der Waals surface area contributed by atoms with E-state index in [2.05, 4.69) is 5.10 Å². The summed E-state index contributed by atoms with van der Waals surface area (Å²) >= 11 is 0. The summed E-state index contributed by atoms with van der Waals surface area (Å²) in [5.74, 6) is 0.0616. The lowest BCUT2D eigenvalue weighted by molar-refractivity contribution is 0.0836. The third kappa shape index (κ3) is 1.89. The van der Waals surface area contributed by atoms with E-state index in [0.29, 0.717) is 12.2 Å². The highest BCUT2D eigenvalue weighted by molar-refractivity contribution is 6.01. The van der Waals surface area contributed by atoms with Gasteiger partial charge in [0.15, 0.2) is 0 Å². The first-order chi connectivity index (χ1) is 7.67. The number of Topliss-reactive ketones (excluding diaryl/α,β-unsaturated/α-hetero) is 1. The standard InChI is InChI=1S/C12H19N3O/c1-2-15-10(6-9-14-15)11(16)12(13)7-4-3-5-8-12/h6,9H,2-5,7-8,13H2,1H3. The summed E-state index contributed by atoms with van der Waals surface area (Å²) in [5.41, 5.74) is 6.24. The summed E-state index contributed by atoms with van der Waals surface area (Å²) in [7, 11) is 0. The zero-order valence-corrected chi connectivity index (χ0v) is 9.78. The van der Waals surface area contributed by atoms with Gasteiger partial charge in [0.25, 0.3) is 0 Å². The zero-order valence-electron chi connectivity index (χ0n) is 9.78. The van der Waals surface area contributed by atoms with Crippen molar-refractivity contribution in [1.82, 2.24) is 9.78 Å². The van der Waals surface area contributed by atoms with Crippen LogP contribution in [0.5, 0.6) is 0 Å². The fraction of sp³-hybridized carbons (Fsp3) is 0.667. The smallest absolute Gasteiger partial charge is 0.200 e. The minimum Gasteiger partial charge on any atom is -0.319 e. The van der Waals surface area contributed by atoms with Gasteiger partial charge in [0.2, 0.25) is 5.78 Å². The van der Waals surface area contributed by atoms with Gasteiger partial charge in [0.05, 0.1) is 5.54 Å². The molecule has 1 fully saturated rings. The predicted molar refractivity (Wildman–Crippen MR) is 62.2 cm³/mol. The van der Waals surface area contributed by atoms with Gasteiger partial charge in [-0.1, -0.05) is 19.3 Å². The van der Waals surface area contributed by atoms with Crippen molar-refractivity contribution >= 4 is 5.78 Å². The number of hydrogen-bond donors (Lipinski definition) is 1. The van der Waals surface area contributed by atoms with Crippen molar-refractivity contribution in [2.45, 2.75) is 51.1 Å². The zero-order chi connectivity index (χ0) is 11.6. The van der Waals surface area contributed by atoms with Crippen LogP contribution in [0.4, 0.5) is 0 Å². The minimum absolute atomic E-state index is 0.0616. The molecule has 0 aromatic carbocycles. The second-order valence-corrected chi connectivity index (χ2v) is 4.58. The highest BCUT2D eigenvalue weighted by atomic mass is 16.1. The van der Waals surface area contributed by atoms with E-state index < -0.39 is 5.54 Å². The van der Waals surface area contributed by atoms with Crippen LogP contribution in [-0.2, 0) is 6.54 Å². The van der Waals surface area contributed by atoms with Crippen LogP contribution < -0.4 is 5.73 Å². The van der Waals surface area contributed by atoms with E-state index in [1.807, 2.05) is 6.92 Å². The maximum atomic E-state index is 12.4. The number of aromatic nitrogens is 2. The minimum atomic E-state index is -0.648. The lowest BCUT2D eigenvalue weighted by atomic mass is 9.78. The van der Waals surface area contributed by atoms with Gasteiger partial charge in [0, 0.05) is 12.7 Å².